The fourth-order valence-corrected chi connectivity index (χ4v) is 2.40. The third kappa shape index (κ3) is 4.11. The van der Waals surface area contributed by atoms with Gasteiger partial charge in [0.1, 0.15) is 11.6 Å². The van der Waals surface area contributed by atoms with Gasteiger partial charge in [-0.25, -0.2) is 9.37 Å². The van der Waals surface area contributed by atoms with Crippen molar-refractivity contribution in [1.29, 1.82) is 0 Å². The van der Waals surface area contributed by atoms with Crippen molar-refractivity contribution in [3.8, 4) is 0 Å². The number of imidazole rings is 1. The molecule has 21 heavy (non-hydrogen) atoms. The zero-order valence-electron chi connectivity index (χ0n) is 12.7. The second-order valence-electron chi connectivity index (χ2n) is 5.12. The quantitative estimate of drug-likeness (QED) is 0.812. The van der Waals surface area contributed by atoms with Gasteiger partial charge in [0.2, 0.25) is 0 Å². The van der Waals surface area contributed by atoms with E-state index in [9.17, 15) is 4.39 Å². The molecule has 2 rings (SSSR count). The van der Waals surface area contributed by atoms with Gasteiger partial charge in [-0.3, -0.25) is 4.98 Å². The number of aromatic nitrogens is 3. The summed E-state index contributed by atoms with van der Waals surface area (Å²) in [4.78, 5) is 8.62. The third-order valence-electron chi connectivity index (χ3n) is 3.41. The highest BCUT2D eigenvalue weighted by Gasteiger charge is 2.19. The number of aryl methyl sites for hydroxylation is 1. The van der Waals surface area contributed by atoms with Crippen LogP contribution in [0.4, 0.5) is 4.39 Å². The van der Waals surface area contributed by atoms with Crippen LogP contribution in [0.3, 0.4) is 0 Å². The predicted octanol–water partition coefficient (Wildman–Crippen LogP) is 3.11. The maximum atomic E-state index is 14.0. The largest absolute Gasteiger partial charge is 0.335 e. The van der Waals surface area contributed by atoms with E-state index in [0.29, 0.717) is 12.1 Å². The van der Waals surface area contributed by atoms with E-state index in [4.69, 9.17) is 0 Å². The lowest BCUT2D eigenvalue weighted by molar-refractivity contribution is 0.466. The van der Waals surface area contributed by atoms with Crippen LogP contribution in [0, 0.1) is 5.82 Å². The van der Waals surface area contributed by atoms with Gasteiger partial charge >= 0.3 is 0 Å². The predicted molar refractivity (Wildman–Crippen MR) is 81.5 cm³/mol. The number of hydrogen-bond acceptors (Lipinski definition) is 3. The van der Waals surface area contributed by atoms with Gasteiger partial charge in [0, 0.05) is 31.6 Å². The normalized spacial score (nSPS) is 12.5. The number of pyridine rings is 1. The van der Waals surface area contributed by atoms with Gasteiger partial charge in [0.15, 0.2) is 0 Å². The van der Waals surface area contributed by atoms with Crippen LogP contribution in [-0.2, 0) is 13.0 Å². The summed E-state index contributed by atoms with van der Waals surface area (Å²) >= 11 is 0. The fourth-order valence-electron chi connectivity index (χ4n) is 2.40. The summed E-state index contributed by atoms with van der Waals surface area (Å²) in [6.07, 6.45) is 8.10. The standard InChI is InChI=1S/C16H23FN4/c1-3-7-18-14(16-13(17)6-5-8-20-16)12-15-19-9-11-21(15)10-4-2/h5-6,8-9,11,14,18H,3-4,7,10,12H2,1-2H3. The van der Waals surface area contributed by atoms with Crippen LogP contribution in [0.1, 0.15) is 44.2 Å². The first-order valence-electron chi connectivity index (χ1n) is 7.60. The summed E-state index contributed by atoms with van der Waals surface area (Å²) in [5.41, 5.74) is 0.469. The molecule has 0 bridgehead atoms. The molecule has 0 spiro atoms. The Kier molecular flexibility index (Phi) is 5.87. The van der Waals surface area contributed by atoms with Crippen molar-refractivity contribution in [2.45, 2.75) is 45.7 Å². The Labute approximate surface area is 125 Å². The molecule has 0 radical (unpaired) electrons. The van der Waals surface area contributed by atoms with Crippen molar-refractivity contribution >= 4 is 0 Å². The van der Waals surface area contributed by atoms with Gasteiger partial charge in [-0.05, 0) is 31.5 Å². The Morgan fingerprint density at radius 1 is 1.24 bits per heavy atom. The Balaban J connectivity index is 2.20. The number of halogens is 1. The minimum atomic E-state index is -0.264. The van der Waals surface area contributed by atoms with E-state index in [-0.39, 0.29) is 11.9 Å². The molecule has 0 aliphatic heterocycles. The second kappa shape index (κ2) is 7.88. The molecule has 0 aliphatic rings. The van der Waals surface area contributed by atoms with Crippen molar-refractivity contribution in [2.24, 2.45) is 0 Å². The molecule has 1 unspecified atom stereocenters. The summed E-state index contributed by atoms with van der Waals surface area (Å²) in [6.45, 7) is 5.99. The highest BCUT2D eigenvalue weighted by Crippen LogP contribution is 2.19. The highest BCUT2D eigenvalue weighted by atomic mass is 19.1. The maximum Gasteiger partial charge on any atom is 0.146 e. The van der Waals surface area contributed by atoms with E-state index in [2.05, 4.69) is 33.7 Å². The average Bonchev–Trinajstić information content (AvgIpc) is 2.92. The number of nitrogens with zero attached hydrogens (tertiary/aromatic N) is 3. The van der Waals surface area contributed by atoms with Crippen molar-refractivity contribution in [3.63, 3.8) is 0 Å². The van der Waals surface area contributed by atoms with Crippen LogP contribution in [0.15, 0.2) is 30.7 Å². The zero-order chi connectivity index (χ0) is 15.1. The van der Waals surface area contributed by atoms with Crippen LogP contribution < -0.4 is 5.32 Å². The summed E-state index contributed by atoms with van der Waals surface area (Å²) in [6, 6.07) is 2.93. The second-order valence-corrected chi connectivity index (χ2v) is 5.12. The van der Waals surface area contributed by atoms with Gasteiger partial charge in [0.25, 0.3) is 0 Å². The molecule has 0 fully saturated rings. The highest BCUT2D eigenvalue weighted by molar-refractivity contribution is 5.14. The molecule has 2 aromatic rings. The van der Waals surface area contributed by atoms with E-state index >= 15 is 0 Å². The van der Waals surface area contributed by atoms with Crippen LogP contribution in [0.2, 0.25) is 0 Å². The van der Waals surface area contributed by atoms with Crippen molar-refractivity contribution < 1.29 is 4.39 Å². The SMILES string of the molecule is CCCNC(Cc1nccn1CCC)c1ncccc1F. The first kappa shape index (κ1) is 15.6. The lowest BCUT2D eigenvalue weighted by atomic mass is 10.1. The number of hydrogen-bond donors (Lipinski definition) is 1. The summed E-state index contributed by atoms with van der Waals surface area (Å²) in [5, 5.41) is 3.38. The number of rotatable bonds is 8. The smallest absolute Gasteiger partial charge is 0.146 e. The molecule has 0 saturated carbocycles. The Bertz CT molecular complexity index is 553. The van der Waals surface area contributed by atoms with E-state index in [1.165, 1.54) is 6.07 Å². The van der Waals surface area contributed by atoms with E-state index in [0.717, 1.165) is 31.8 Å². The molecule has 2 heterocycles. The van der Waals surface area contributed by atoms with Gasteiger partial charge in [0.05, 0.1) is 11.7 Å². The molecule has 1 N–H and O–H groups in total. The van der Waals surface area contributed by atoms with E-state index in [1.54, 1.807) is 18.5 Å². The zero-order valence-corrected chi connectivity index (χ0v) is 12.7. The summed E-state index contributed by atoms with van der Waals surface area (Å²) in [5.74, 6) is 0.704. The lowest BCUT2D eigenvalue weighted by Crippen LogP contribution is -2.27. The molecular weight excluding hydrogens is 267 g/mol. The molecule has 114 valence electrons. The fraction of sp³-hybridized carbons (Fsp3) is 0.500. The van der Waals surface area contributed by atoms with Crippen LogP contribution in [0.25, 0.3) is 0 Å². The van der Waals surface area contributed by atoms with Gasteiger partial charge in [-0.1, -0.05) is 13.8 Å². The Morgan fingerprint density at radius 2 is 2.10 bits per heavy atom. The molecule has 5 heteroatoms. The molecule has 4 nitrogen and oxygen atoms in total. The van der Waals surface area contributed by atoms with Crippen LogP contribution in [0.5, 0.6) is 0 Å². The topological polar surface area (TPSA) is 42.7 Å². The average molecular weight is 290 g/mol. The Morgan fingerprint density at radius 3 is 2.81 bits per heavy atom. The monoisotopic (exact) mass is 290 g/mol. The lowest BCUT2D eigenvalue weighted by Gasteiger charge is -2.19. The Hall–Kier alpha value is -1.75. The molecule has 0 aliphatic carbocycles. The minimum absolute atomic E-state index is 0.149. The third-order valence-corrected chi connectivity index (χ3v) is 3.41. The first-order chi connectivity index (χ1) is 10.3. The van der Waals surface area contributed by atoms with Gasteiger partial charge < -0.3 is 9.88 Å². The van der Waals surface area contributed by atoms with Crippen molar-refractivity contribution in [3.05, 3.63) is 48.1 Å². The maximum absolute atomic E-state index is 14.0. The molecule has 0 saturated heterocycles. The number of nitrogens with one attached hydrogen (secondary N) is 1. The molecule has 1 atom stereocenters. The van der Waals surface area contributed by atoms with Gasteiger partial charge in [-0.2, -0.15) is 0 Å². The molecule has 0 amide bonds. The van der Waals surface area contributed by atoms with Crippen molar-refractivity contribution in [1.82, 2.24) is 19.9 Å². The summed E-state index contributed by atoms with van der Waals surface area (Å²) < 4.78 is 16.1. The molecule has 0 aromatic carbocycles. The molecule has 2 aromatic heterocycles. The van der Waals surface area contributed by atoms with E-state index < -0.39 is 0 Å². The van der Waals surface area contributed by atoms with Crippen LogP contribution >= 0.6 is 0 Å². The van der Waals surface area contributed by atoms with Gasteiger partial charge in [-0.15, -0.1) is 0 Å². The van der Waals surface area contributed by atoms with E-state index in [1.807, 2.05) is 6.20 Å². The first-order valence-corrected chi connectivity index (χ1v) is 7.60. The van der Waals surface area contributed by atoms with Crippen molar-refractivity contribution in [2.75, 3.05) is 6.54 Å². The van der Waals surface area contributed by atoms with Crippen LogP contribution in [-0.4, -0.2) is 21.1 Å². The molecular formula is C16H23FN4. The minimum Gasteiger partial charge on any atom is -0.335 e. The summed E-state index contributed by atoms with van der Waals surface area (Å²) in [7, 11) is 0.